The third-order valence-electron chi connectivity index (χ3n) is 6.06. The van der Waals surface area contributed by atoms with E-state index in [9.17, 15) is 9.59 Å². The zero-order chi connectivity index (χ0) is 22.2. The summed E-state index contributed by atoms with van der Waals surface area (Å²) in [6.45, 7) is 7.41. The van der Waals surface area contributed by atoms with E-state index in [1.165, 1.54) is 0 Å². The minimum Gasteiger partial charge on any atom is -0.354 e. The van der Waals surface area contributed by atoms with Gasteiger partial charge in [0.2, 0.25) is 5.91 Å². The lowest BCUT2D eigenvalue weighted by Crippen LogP contribution is -2.63. The normalized spacial score (nSPS) is 18.5. The highest BCUT2D eigenvalue weighted by atomic mass is 35.5. The first kappa shape index (κ1) is 21.4. The van der Waals surface area contributed by atoms with E-state index >= 15 is 0 Å². The summed E-state index contributed by atoms with van der Waals surface area (Å²) in [4.78, 5) is 28.8. The van der Waals surface area contributed by atoms with Crippen molar-refractivity contribution in [2.24, 2.45) is 5.92 Å². The third kappa shape index (κ3) is 4.07. The van der Waals surface area contributed by atoms with Crippen LogP contribution in [0.25, 0.3) is 10.9 Å². The van der Waals surface area contributed by atoms with Crippen molar-refractivity contribution in [3.8, 4) is 0 Å². The SMILES string of the molecule is CC(C)CCNC(=O)[C@@]1(C)Cn2c(cc3ccccc32)C(=O)N1Cc1cccc(Cl)c1. The highest BCUT2D eigenvalue weighted by Crippen LogP contribution is 2.33. The smallest absolute Gasteiger partial charge is 0.271 e. The number of para-hydroxylation sites is 1. The van der Waals surface area contributed by atoms with Crippen molar-refractivity contribution >= 4 is 34.3 Å². The van der Waals surface area contributed by atoms with Gasteiger partial charge in [-0.2, -0.15) is 0 Å². The summed E-state index contributed by atoms with van der Waals surface area (Å²) in [5, 5.41) is 4.68. The molecule has 6 heteroatoms. The second-order valence-electron chi connectivity index (χ2n) is 8.91. The highest BCUT2D eigenvalue weighted by molar-refractivity contribution is 6.30. The standard InChI is InChI=1S/C25H28ClN3O2/c1-17(2)11-12-27-24(31)25(3)16-28-21-10-5-4-8-19(21)14-22(28)23(30)29(25)15-18-7-6-9-20(26)13-18/h4-10,13-14,17H,11-12,15-16H2,1-3H3,(H,27,31)/t25-/m1/s1. The average molecular weight is 438 g/mol. The second kappa shape index (κ2) is 8.39. The van der Waals surface area contributed by atoms with Crippen molar-refractivity contribution in [2.75, 3.05) is 6.54 Å². The van der Waals surface area contributed by atoms with Gasteiger partial charge >= 0.3 is 0 Å². The number of nitrogens with one attached hydrogen (secondary N) is 1. The molecule has 5 nitrogen and oxygen atoms in total. The van der Waals surface area contributed by atoms with Crippen LogP contribution in [0.1, 0.15) is 43.2 Å². The first-order valence-electron chi connectivity index (χ1n) is 10.7. The number of rotatable bonds is 6. The zero-order valence-electron chi connectivity index (χ0n) is 18.2. The molecule has 4 rings (SSSR count). The van der Waals surface area contributed by atoms with Crippen molar-refractivity contribution in [2.45, 2.75) is 45.8 Å². The molecule has 2 amide bonds. The van der Waals surface area contributed by atoms with Crippen LogP contribution in [-0.2, 0) is 17.9 Å². The molecule has 1 N–H and O–H groups in total. The predicted molar refractivity (Wildman–Crippen MR) is 124 cm³/mol. The fourth-order valence-corrected chi connectivity index (χ4v) is 4.45. The van der Waals surface area contributed by atoms with Gasteiger partial charge in [-0.15, -0.1) is 0 Å². The molecular formula is C25H28ClN3O2. The fourth-order valence-electron chi connectivity index (χ4n) is 4.24. The van der Waals surface area contributed by atoms with E-state index in [0.29, 0.717) is 36.3 Å². The maximum Gasteiger partial charge on any atom is 0.271 e. The number of hydrogen-bond acceptors (Lipinski definition) is 2. The summed E-state index contributed by atoms with van der Waals surface area (Å²) < 4.78 is 1.98. The molecule has 2 aromatic carbocycles. The molecule has 162 valence electrons. The Hall–Kier alpha value is -2.79. The molecule has 1 aliphatic heterocycles. The van der Waals surface area contributed by atoms with E-state index in [0.717, 1.165) is 22.9 Å². The van der Waals surface area contributed by atoms with E-state index in [1.54, 1.807) is 11.0 Å². The quantitative estimate of drug-likeness (QED) is 0.598. The largest absolute Gasteiger partial charge is 0.354 e. The summed E-state index contributed by atoms with van der Waals surface area (Å²) in [5.74, 6) is 0.208. The minimum absolute atomic E-state index is 0.132. The Labute approximate surface area is 188 Å². The molecule has 0 fully saturated rings. The van der Waals surface area contributed by atoms with Crippen LogP contribution in [0.4, 0.5) is 0 Å². The van der Waals surface area contributed by atoms with E-state index in [4.69, 9.17) is 11.6 Å². The van der Waals surface area contributed by atoms with Crippen LogP contribution in [-0.4, -0.2) is 33.4 Å². The highest BCUT2D eigenvalue weighted by Gasteiger charge is 2.47. The second-order valence-corrected chi connectivity index (χ2v) is 9.34. The van der Waals surface area contributed by atoms with Crippen LogP contribution in [0.3, 0.4) is 0 Å². The molecule has 2 heterocycles. The van der Waals surface area contributed by atoms with Gasteiger partial charge in [0, 0.05) is 29.0 Å². The van der Waals surface area contributed by atoms with Crippen LogP contribution in [0.2, 0.25) is 5.02 Å². The van der Waals surface area contributed by atoms with E-state index in [1.807, 2.05) is 60.0 Å². The summed E-state index contributed by atoms with van der Waals surface area (Å²) in [7, 11) is 0. The lowest BCUT2D eigenvalue weighted by molar-refractivity contribution is -0.133. The fraction of sp³-hybridized carbons (Fsp3) is 0.360. The summed E-state index contributed by atoms with van der Waals surface area (Å²) in [6, 6.07) is 17.3. The first-order valence-corrected chi connectivity index (χ1v) is 11.1. The van der Waals surface area contributed by atoms with Crippen molar-refractivity contribution < 1.29 is 9.59 Å². The van der Waals surface area contributed by atoms with Gasteiger partial charge in [0.1, 0.15) is 11.2 Å². The van der Waals surface area contributed by atoms with Crippen molar-refractivity contribution in [3.05, 3.63) is 70.9 Å². The topological polar surface area (TPSA) is 54.3 Å². The molecule has 0 spiro atoms. The lowest BCUT2D eigenvalue weighted by atomic mass is 9.93. The summed E-state index contributed by atoms with van der Waals surface area (Å²) in [5.41, 5.74) is 1.45. The van der Waals surface area contributed by atoms with Gasteiger partial charge in [-0.1, -0.05) is 55.8 Å². The van der Waals surface area contributed by atoms with Crippen molar-refractivity contribution in [1.29, 1.82) is 0 Å². The Balaban J connectivity index is 1.74. The van der Waals surface area contributed by atoms with Crippen LogP contribution in [0.15, 0.2) is 54.6 Å². The maximum absolute atomic E-state index is 13.7. The first-order chi connectivity index (χ1) is 14.8. The van der Waals surface area contributed by atoms with Gasteiger partial charge in [-0.3, -0.25) is 9.59 Å². The molecule has 3 aromatic rings. The number of hydrogen-bond donors (Lipinski definition) is 1. The van der Waals surface area contributed by atoms with Gasteiger partial charge in [0.25, 0.3) is 5.91 Å². The molecule has 31 heavy (non-hydrogen) atoms. The molecule has 0 bridgehead atoms. The molecule has 0 saturated carbocycles. The molecular weight excluding hydrogens is 410 g/mol. The predicted octanol–water partition coefficient (Wildman–Crippen LogP) is 4.87. The van der Waals surface area contributed by atoms with Gasteiger partial charge in [-0.25, -0.2) is 0 Å². The number of benzene rings is 2. The molecule has 0 unspecified atom stereocenters. The Morgan fingerprint density at radius 1 is 1.16 bits per heavy atom. The average Bonchev–Trinajstić information content (AvgIpc) is 3.09. The van der Waals surface area contributed by atoms with E-state index in [-0.39, 0.29) is 11.8 Å². The Bertz CT molecular complexity index is 1140. The summed E-state index contributed by atoms with van der Waals surface area (Å²) >= 11 is 6.18. The van der Waals surface area contributed by atoms with Crippen molar-refractivity contribution in [3.63, 3.8) is 0 Å². The molecule has 1 aliphatic rings. The third-order valence-corrected chi connectivity index (χ3v) is 6.30. The minimum atomic E-state index is -1.02. The lowest BCUT2D eigenvalue weighted by Gasteiger charge is -2.44. The van der Waals surface area contributed by atoms with Crippen molar-refractivity contribution in [1.82, 2.24) is 14.8 Å². The van der Waals surface area contributed by atoms with Crippen LogP contribution in [0, 0.1) is 5.92 Å². The Morgan fingerprint density at radius 2 is 1.94 bits per heavy atom. The summed E-state index contributed by atoms with van der Waals surface area (Å²) in [6.07, 6.45) is 0.891. The number of halogens is 1. The number of carbonyl (C=O) groups excluding carboxylic acids is 2. The Morgan fingerprint density at radius 3 is 2.68 bits per heavy atom. The van der Waals surface area contributed by atoms with Crippen LogP contribution < -0.4 is 5.32 Å². The molecule has 0 radical (unpaired) electrons. The number of nitrogens with zero attached hydrogens (tertiary/aromatic N) is 2. The van der Waals surface area contributed by atoms with Gasteiger partial charge < -0.3 is 14.8 Å². The number of aromatic nitrogens is 1. The van der Waals surface area contributed by atoms with Gasteiger partial charge in [0.05, 0.1) is 6.54 Å². The molecule has 1 atom stereocenters. The maximum atomic E-state index is 13.7. The zero-order valence-corrected chi connectivity index (χ0v) is 18.9. The number of amides is 2. The molecule has 1 aromatic heterocycles. The molecule has 0 aliphatic carbocycles. The van der Waals surface area contributed by atoms with Crippen LogP contribution >= 0.6 is 11.6 Å². The number of carbonyl (C=O) groups is 2. The van der Waals surface area contributed by atoms with E-state index < -0.39 is 5.54 Å². The molecule has 0 saturated heterocycles. The van der Waals surface area contributed by atoms with E-state index in [2.05, 4.69) is 19.2 Å². The monoisotopic (exact) mass is 437 g/mol. The number of fused-ring (bicyclic) bond motifs is 3. The Kier molecular flexibility index (Phi) is 5.80. The van der Waals surface area contributed by atoms with Gasteiger partial charge in [-0.05, 0) is 49.1 Å². The van der Waals surface area contributed by atoms with Gasteiger partial charge in [0.15, 0.2) is 0 Å². The van der Waals surface area contributed by atoms with Crippen LogP contribution in [0.5, 0.6) is 0 Å².